The van der Waals surface area contributed by atoms with Crippen LogP contribution in [-0.2, 0) is 0 Å². The van der Waals surface area contributed by atoms with Crippen LogP contribution in [0.1, 0.15) is 94.6 Å². The van der Waals surface area contributed by atoms with Crippen LogP contribution in [0.3, 0.4) is 0 Å². The molecule has 0 atom stereocenters. The monoisotopic (exact) mass is 392 g/mol. The van der Waals surface area contributed by atoms with E-state index in [9.17, 15) is 4.39 Å². The van der Waals surface area contributed by atoms with E-state index in [0.717, 1.165) is 25.7 Å². The maximum Gasteiger partial charge on any atom is 0.100 e. The van der Waals surface area contributed by atoms with Gasteiger partial charge in [-0.05, 0) is 66.7 Å². The Labute approximate surface area is 177 Å². The molecule has 0 spiro atoms. The highest BCUT2D eigenvalue weighted by Crippen LogP contribution is 2.34. The van der Waals surface area contributed by atoms with Gasteiger partial charge in [0.05, 0.1) is 0 Å². The first-order valence-electron chi connectivity index (χ1n) is 11.8. The molecule has 0 radical (unpaired) electrons. The zero-order valence-electron chi connectivity index (χ0n) is 18.1. The molecule has 1 aliphatic rings. The molecule has 0 amide bonds. The average molecular weight is 393 g/mol. The number of halogens is 1. The van der Waals surface area contributed by atoms with E-state index in [1.54, 1.807) is 0 Å². The summed E-state index contributed by atoms with van der Waals surface area (Å²) in [5.74, 6) is 0.537. The van der Waals surface area contributed by atoms with Crippen molar-refractivity contribution >= 4 is 6.08 Å². The Morgan fingerprint density at radius 3 is 2.00 bits per heavy atom. The van der Waals surface area contributed by atoms with Crippen LogP contribution >= 0.6 is 0 Å². The Morgan fingerprint density at radius 1 is 0.759 bits per heavy atom. The zero-order chi connectivity index (χ0) is 20.3. The second-order valence-corrected chi connectivity index (χ2v) is 8.65. The Balaban J connectivity index is 1.46. The van der Waals surface area contributed by atoms with Crippen molar-refractivity contribution in [1.29, 1.82) is 0 Å². The minimum absolute atomic E-state index is 0.537. The number of hydrogen-bond acceptors (Lipinski definition) is 0. The highest BCUT2D eigenvalue weighted by molar-refractivity contribution is 5.66. The summed E-state index contributed by atoms with van der Waals surface area (Å²) >= 11 is 0. The largest absolute Gasteiger partial charge is 0.247 e. The van der Waals surface area contributed by atoms with Gasteiger partial charge in [0.2, 0.25) is 0 Å². The third-order valence-corrected chi connectivity index (χ3v) is 6.32. The molecule has 29 heavy (non-hydrogen) atoms. The lowest BCUT2D eigenvalue weighted by Crippen LogP contribution is -2.13. The van der Waals surface area contributed by atoms with E-state index in [2.05, 4.69) is 67.6 Å². The fourth-order valence-corrected chi connectivity index (χ4v) is 4.38. The molecule has 1 fully saturated rings. The summed E-state index contributed by atoms with van der Waals surface area (Å²) in [6.07, 6.45) is 16.7. The molecule has 0 unspecified atom stereocenters. The van der Waals surface area contributed by atoms with Gasteiger partial charge >= 0.3 is 0 Å². The van der Waals surface area contributed by atoms with E-state index in [0.29, 0.717) is 5.92 Å². The van der Waals surface area contributed by atoms with E-state index in [1.807, 2.05) is 0 Å². The van der Waals surface area contributed by atoms with Gasteiger partial charge in [-0.25, -0.2) is 4.39 Å². The summed E-state index contributed by atoms with van der Waals surface area (Å²) in [6.45, 7) is 2.27. The topological polar surface area (TPSA) is 0 Å². The smallest absolute Gasteiger partial charge is 0.100 e. The predicted octanol–water partition coefficient (Wildman–Crippen LogP) is 9.11. The quantitative estimate of drug-likeness (QED) is 0.354. The minimum Gasteiger partial charge on any atom is -0.247 e. The number of alkyl halides is 1. The molecule has 0 aromatic heterocycles. The standard InChI is InChI=1S/C28H37F/c1-2-3-4-5-6-7-8-9-10-23-11-13-24(14-12-23)25-15-17-26(18-16-25)27-19-21-28(29)22-20-27/h9-18,27-28H,2-8,19-22H2,1H3/t27-,28-. The van der Waals surface area contributed by atoms with Crippen LogP contribution in [0.4, 0.5) is 4.39 Å². The fraction of sp³-hybridized carbons (Fsp3) is 0.500. The van der Waals surface area contributed by atoms with Gasteiger partial charge in [0.15, 0.2) is 0 Å². The molecule has 0 aliphatic heterocycles. The van der Waals surface area contributed by atoms with Crippen LogP contribution < -0.4 is 0 Å². The Hall–Kier alpha value is -1.89. The molecule has 1 heteroatoms. The van der Waals surface area contributed by atoms with E-state index < -0.39 is 6.17 Å². The second-order valence-electron chi connectivity index (χ2n) is 8.65. The number of hydrogen-bond donors (Lipinski definition) is 0. The van der Waals surface area contributed by atoms with Crippen molar-refractivity contribution in [2.24, 2.45) is 0 Å². The maximum atomic E-state index is 13.4. The molecular formula is C28H37F. The second kappa shape index (κ2) is 12.0. The molecule has 0 saturated heterocycles. The first-order valence-corrected chi connectivity index (χ1v) is 11.8. The van der Waals surface area contributed by atoms with Gasteiger partial charge in [0.1, 0.15) is 6.17 Å². The first-order chi connectivity index (χ1) is 14.3. The molecule has 156 valence electrons. The summed E-state index contributed by atoms with van der Waals surface area (Å²) in [6, 6.07) is 17.8. The van der Waals surface area contributed by atoms with Gasteiger partial charge in [0, 0.05) is 0 Å². The zero-order valence-corrected chi connectivity index (χ0v) is 18.1. The molecule has 0 nitrogen and oxygen atoms in total. The molecule has 1 aliphatic carbocycles. The minimum atomic E-state index is -0.580. The van der Waals surface area contributed by atoms with E-state index in [-0.39, 0.29) is 0 Å². The van der Waals surface area contributed by atoms with Crippen LogP contribution in [0, 0.1) is 0 Å². The van der Waals surface area contributed by atoms with Crippen molar-refractivity contribution < 1.29 is 4.39 Å². The number of benzene rings is 2. The summed E-state index contributed by atoms with van der Waals surface area (Å²) < 4.78 is 13.4. The summed E-state index contributed by atoms with van der Waals surface area (Å²) in [4.78, 5) is 0. The fourth-order valence-electron chi connectivity index (χ4n) is 4.38. The normalized spacial score (nSPS) is 19.7. The summed E-state index contributed by atoms with van der Waals surface area (Å²) in [5.41, 5.74) is 5.17. The molecule has 0 N–H and O–H groups in total. The molecule has 2 aromatic carbocycles. The number of rotatable bonds is 10. The summed E-state index contributed by atoms with van der Waals surface area (Å²) in [7, 11) is 0. The van der Waals surface area contributed by atoms with E-state index >= 15 is 0 Å². The number of unbranched alkanes of at least 4 members (excludes halogenated alkanes) is 6. The molecule has 0 heterocycles. The maximum absolute atomic E-state index is 13.4. The van der Waals surface area contributed by atoms with Crippen LogP contribution in [0.2, 0.25) is 0 Å². The molecular weight excluding hydrogens is 355 g/mol. The first kappa shape index (κ1) is 21.8. The SMILES string of the molecule is CCCCCCCCC=Cc1ccc(-c2ccc([C@H]3CC[C@H](F)CC3)cc2)cc1. The Bertz CT molecular complexity index is 718. The molecule has 3 rings (SSSR count). The highest BCUT2D eigenvalue weighted by atomic mass is 19.1. The van der Waals surface area contributed by atoms with Gasteiger partial charge in [0.25, 0.3) is 0 Å². The van der Waals surface area contributed by atoms with Crippen molar-refractivity contribution in [3.05, 3.63) is 65.7 Å². The van der Waals surface area contributed by atoms with Gasteiger partial charge in [-0.2, -0.15) is 0 Å². The summed E-state index contributed by atoms with van der Waals surface area (Å²) in [5, 5.41) is 0. The highest BCUT2D eigenvalue weighted by Gasteiger charge is 2.21. The van der Waals surface area contributed by atoms with Crippen molar-refractivity contribution in [1.82, 2.24) is 0 Å². The lowest BCUT2D eigenvalue weighted by atomic mass is 9.83. The van der Waals surface area contributed by atoms with Crippen molar-refractivity contribution in [2.75, 3.05) is 0 Å². The molecule has 2 aromatic rings. The van der Waals surface area contributed by atoms with Gasteiger partial charge in [-0.3, -0.25) is 0 Å². The van der Waals surface area contributed by atoms with Crippen LogP contribution in [0.5, 0.6) is 0 Å². The van der Waals surface area contributed by atoms with Crippen LogP contribution in [-0.4, -0.2) is 6.17 Å². The lowest BCUT2D eigenvalue weighted by Gasteiger charge is -2.24. The van der Waals surface area contributed by atoms with Crippen molar-refractivity contribution in [2.45, 2.75) is 89.6 Å². The third kappa shape index (κ3) is 7.14. The average Bonchev–Trinajstić information content (AvgIpc) is 2.77. The van der Waals surface area contributed by atoms with Crippen LogP contribution in [0.15, 0.2) is 54.6 Å². The van der Waals surface area contributed by atoms with Crippen molar-refractivity contribution in [3.8, 4) is 11.1 Å². The molecule has 0 bridgehead atoms. The third-order valence-electron chi connectivity index (χ3n) is 6.32. The van der Waals surface area contributed by atoms with E-state index in [4.69, 9.17) is 0 Å². The van der Waals surface area contributed by atoms with Crippen molar-refractivity contribution in [3.63, 3.8) is 0 Å². The predicted molar refractivity (Wildman–Crippen MR) is 125 cm³/mol. The van der Waals surface area contributed by atoms with Gasteiger partial charge in [-0.1, -0.05) is 99.7 Å². The van der Waals surface area contributed by atoms with E-state index in [1.165, 1.54) is 67.2 Å². The van der Waals surface area contributed by atoms with Crippen LogP contribution in [0.25, 0.3) is 17.2 Å². The lowest BCUT2D eigenvalue weighted by molar-refractivity contribution is 0.235. The molecule has 1 saturated carbocycles. The Morgan fingerprint density at radius 2 is 1.34 bits per heavy atom. The van der Waals surface area contributed by atoms with Gasteiger partial charge in [-0.15, -0.1) is 0 Å². The number of allylic oxidation sites excluding steroid dienone is 1. The Kier molecular flexibility index (Phi) is 8.99. The van der Waals surface area contributed by atoms with Gasteiger partial charge < -0.3 is 0 Å².